The van der Waals surface area contributed by atoms with E-state index in [1.54, 1.807) is 0 Å². The van der Waals surface area contributed by atoms with Crippen LogP contribution in [0, 0.1) is 6.92 Å². The summed E-state index contributed by atoms with van der Waals surface area (Å²) in [6.45, 7) is 3.76. The third-order valence-electron chi connectivity index (χ3n) is 1.13. The Morgan fingerprint density at radius 1 is 1.11 bits per heavy atom. The fourth-order valence-corrected chi connectivity index (χ4v) is 0.645. The molecular weight excluding hydrogens is 135 g/mol. The van der Waals surface area contributed by atoms with Crippen LogP contribution in [-0.2, 0) is 6.42 Å². The first-order valence-electron chi connectivity index (χ1n) is 2.76. The van der Waals surface area contributed by atoms with Gasteiger partial charge in [-0.25, -0.2) is 0 Å². The average molecular weight is 145 g/mol. The Bertz CT molecular complexity index is 146. The molecular formula is C8H10K. The van der Waals surface area contributed by atoms with Crippen molar-refractivity contribution in [1.82, 2.24) is 0 Å². The van der Waals surface area contributed by atoms with Crippen LogP contribution in [0.25, 0.3) is 0 Å². The number of benzene rings is 1. The van der Waals surface area contributed by atoms with Crippen LogP contribution in [0.4, 0.5) is 0 Å². The molecule has 1 radical (unpaired) electrons. The summed E-state index contributed by atoms with van der Waals surface area (Å²) in [5.74, 6) is 0. The van der Waals surface area contributed by atoms with E-state index in [-0.39, 0.29) is 51.4 Å². The van der Waals surface area contributed by atoms with E-state index >= 15 is 0 Å². The van der Waals surface area contributed by atoms with Gasteiger partial charge in [-0.15, -0.1) is 0 Å². The molecule has 0 bridgehead atoms. The van der Waals surface area contributed by atoms with E-state index in [9.17, 15) is 0 Å². The predicted octanol–water partition coefficient (Wildman–Crippen LogP) is 1.41. The quantitative estimate of drug-likeness (QED) is 0.524. The summed E-state index contributed by atoms with van der Waals surface area (Å²) >= 11 is 0. The van der Waals surface area contributed by atoms with Crippen molar-refractivity contribution in [3.8, 4) is 0 Å². The van der Waals surface area contributed by atoms with Gasteiger partial charge in [-0.2, -0.15) is 0 Å². The summed E-state index contributed by atoms with van der Waals surface area (Å²) in [6, 6.07) is 10.2. The van der Waals surface area contributed by atoms with E-state index in [1.807, 2.05) is 18.2 Å². The summed E-state index contributed by atoms with van der Waals surface area (Å²) in [5, 5.41) is 0. The Balaban J connectivity index is 0.000000640. The molecule has 0 saturated heterocycles. The van der Waals surface area contributed by atoms with Crippen molar-refractivity contribution in [2.45, 2.75) is 6.42 Å². The topological polar surface area (TPSA) is 0 Å². The van der Waals surface area contributed by atoms with Crippen LogP contribution in [0.15, 0.2) is 30.3 Å². The van der Waals surface area contributed by atoms with Crippen molar-refractivity contribution in [3.63, 3.8) is 0 Å². The van der Waals surface area contributed by atoms with E-state index in [1.165, 1.54) is 5.56 Å². The molecule has 0 unspecified atom stereocenters. The molecule has 1 rings (SSSR count). The minimum atomic E-state index is 0. The number of hydrogen-bond donors (Lipinski definition) is 0. The maximum absolute atomic E-state index is 3.76. The van der Waals surface area contributed by atoms with Crippen molar-refractivity contribution in [2.24, 2.45) is 0 Å². The van der Waals surface area contributed by atoms with Crippen LogP contribution in [0.2, 0.25) is 0 Å². The average Bonchev–Trinajstić information content (AvgIpc) is 1.90. The second kappa shape index (κ2) is 5.63. The standard InChI is InChI=1S/C8H9.K.H/c1-2-8-6-4-3-5-7-8;;/h3-7H,1-2H2;;. The molecule has 9 heavy (non-hydrogen) atoms. The Kier molecular flexibility index (Phi) is 6.16. The van der Waals surface area contributed by atoms with E-state index in [2.05, 4.69) is 19.1 Å². The van der Waals surface area contributed by atoms with Crippen molar-refractivity contribution < 1.29 is 0 Å². The Labute approximate surface area is 99.1 Å². The molecule has 1 heteroatoms. The molecule has 0 heterocycles. The zero-order valence-electron chi connectivity index (χ0n) is 4.80. The van der Waals surface area contributed by atoms with E-state index in [4.69, 9.17) is 0 Å². The van der Waals surface area contributed by atoms with Gasteiger partial charge in [0.2, 0.25) is 0 Å². The van der Waals surface area contributed by atoms with Gasteiger partial charge in [-0.05, 0) is 18.9 Å². The monoisotopic (exact) mass is 145 g/mol. The van der Waals surface area contributed by atoms with Crippen molar-refractivity contribution >= 4 is 51.4 Å². The first-order chi connectivity index (χ1) is 3.93. The molecule has 1 aromatic rings. The summed E-state index contributed by atoms with van der Waals surface area (Å²) in [5.41, 5.74) is 1.30. The molecule has 0 spiro atoms. The number of hydrogen-bond acceptors (Lipinski definition) is 0. The molecule has 43 valence electrons. The van der Waals surface area contributed by atoms with Gasteiger partial charge in [0, 0.05) is 0 Å². The molecule has 0 aromatic heterocycles. The van der Waals surface area contributed by atoms with Gasteiger partial charge in [-0.1, -0.05) is 30.3 Å². The van der Waals surface area contributed by atoms with Crippen molar-refractivity contribution in [1.29, 1.82) is 0 Å². The SMILES string of the molecule is [CH2]Cc1ccccc1.[KH]. The third-order valence-corrected chi connectivity index (χ3v) is 1.13. The number of rotatable bonds is 1. The Hall–Kier alpha value is 0.856. The summed E-state index contributed by atoms with van der Waals surface area (Å²) in [6.07, 6.45) is 0.890. The first-order valence-corrected chi connectivity index (χ1v) is 2.76. The van der Waals surface area contributed by atoms with Gasteiger partial charge in [0.1, 0.15) is 0 Å². The molecule has 0 nitrogen and oxygen atoms in total. The molecule has 0 amide bonds. The van der Waals surface area contributed by atoms with Gasteiger partial charge in [0.15, 0.2) is 0 Å². The van der Waals surface area contributed by atoms with Gasteiger partial charge in [-0.3, -0.25) is 0 Å². The molecule has 0 aliphatic carbocycles. The fourth-order valence-electron chi connectivity index (χ4n) is 0.645. The maximum atomic E-state index is 3.76. The third kappa shape index (κ3) is 3.53. The van der Waals surface area contributed by atoms with E-state index in [0.717, 1.165) is 6.42 Å². The fraction of sp³-hybridized carbons (Fsp3) is 0.125. The van der Waals surface area contributed by atoms with Crippen LogP contribution >= 0.6 is 0 Å². The van der Waals surface area contributed by atoms with Crippen LogP contribution in [-0.4, -0.2) is 51.4 Å². The van der Waals surface area contributed by atoms with E-state index in [0.29, 0.717) is 0 Å². The summed E-state index contributed by atoms with van der Waals surface area (Å²) in [4.78, 5) is 0. The zero-order valence-corrected chi connectivity index (χ0v) is 4.80. The summed E-state index contributed by atoms with van der Waals surface area (Å²) in [7, 11) is 0. The second-order valence-corrected chi connectivity index (χ2v) is 1.74. The van der Waals surface area contributed by atoms with Crippen LogP contribution in [0.3, 0.4) is 0 Å². The zero-order chi connectivity index (χ0) is 5.82. The Morgan fingerprint density at radius 3 is 2.00 bits per heavy atom. The molecule has 0 N–H and O–H groups in total. The normalized spacial score (nSPS) is 8.11. The van der Waals surface area contributed by atoms with Crippen molar-refractivity contribution in [2.75, 3.05) is 0 Å². The molecule has 0 fully saturated rings. The first kappa shape index (κ1) is 9.86. The van der Waals surface area contributed by atoms with Gasteiger partial charge in [0.05, 0.1) is 0 Å². The van der Waals surface area contributed by atoms with Gasteiger partial charge < -0.3 is 0 Å². The van der Waals surface area contributed by atoms with Crippen molar-refractivity contribution in [3.05, 3.63) is 42.8 Å². The molecule has 0 aliphatic rings. The molecule has 0 atom stereocenters. The van der Waals surface area contributed by atoms with Crippen LogP contribution in [0.5, 0.6) is 0 Å². The van der Waals surface area contributed by atoms with Crippen LogP contribution in [0.1, 0.15) is 5.56 Å². The molecule has 0 aliphatic heterocycles. The van der Waals surface area contributed by atoms with E-state index < -0.39 is 0 Å². The second-order valence-electron chi connectivity index (χ2n) is 1.74. The van der Waals surface area contributed by atoms with Crippen LogP contribution < -0.4 is 0 Å². The minimum absolute atomic E-state index is 0. The summed E-state index contributed by atoms with van der Waals surface area (Å²) < 4.78 is 0. The predicted molar refractivity (Wildman–Crippen MR) is 42.7 cm³/mol. The van der Waals surface area contributed by atoms with Gasteiger partial charge >= 0.3 is 51.4 Å². The molecule has 0 saturated carbocycles. The molecule has 1 aromatic carbocycles. The van der Waals surface area contributed by atoms with Gasteiger partial charge in [0.25, 0.3) is 0 Å². The Morgan fingerprint density at radius 2 is 1.67 bits per heavy atom.